The van der Waals surface area contributed by atoms with E-state index in [4.69, 9.17) is 0 Å². The van der Waals surface area contributed by atoms with E-state index in [1.807, 2.05) is 13.8 Å². The molecule has 0 fully saturated rings. The fourth-order valence-corrected chi connectivity index (χ4v) is 2.21. The van der Waals surface area contributed by atoms with Gasteiger partial charge in [0, 0.05) is 0 Å². The maximum Gasteiger partial charge on any atom is -0.0132 e. The first-order chi connectivity index (χ1) is 10.1. The van der Waals surface area contributed by atoms with Gasteiger partial charge in [0.15, 0.2) is 0 Å². The van der Waals surface area contributed by atoms with Crippen LogP contribution in [0.5, 0.6) is 0 Å². The summed E-state index contributed by atoms with van der Waals surface area (Å²) in [5, 5.41) is 2.74. The van der Waals surface area contributed by atoms with Gasteiger partial charge < -0.3 is 0 Å². The zero-order chi connectivity index (χ0) is 17.5. The molecule has 0 aliphatic heterocycles. The highest BCUT2D eigenvalue weighted by Gasteiger charge is 2.13. The van der Waals surface area contributed by atoms with Gasteiger partial charge >= 0.3 is 0 Å². The van der Waals surface area contributed by atoms with Gasteiger partial charge in [0.25, 0.3) is 0 Å². The number of rotatable bonds is 0. The Kier molecular flexibility index (Phi) is 8.45. The molecule has 0 heterocycles. The van der Waals surface area contributed by atoms with Crippen molar-refractivity contribution in [2.75, 3.05) is 0 Å². The summed E-state index contributed by atoms with van der Waals surface area (Å²) < 4.78 is 0. The number of fused-ring (bicyclic) bond motifs is 1. The predicted molar refractivity (Wildman–Crippen MR) is 104 cm³/mol. The molecule has 0 aliphatic rings. The van der Waals surface area contributed by atoms with Gasteiger partial charge in [-0.3, -0.25) is 0 Å². The van der Waals surface area contributed by atoms with Crippen molar-refractivity contribution in [2.45, 2.75) is 74.7 Å². The van der Waals surface area contributed by atoms with Crippen LogP contribution in [0.4, 0.5) is 0 Å². The molecule has 0 saturated carbocycles. The second-order valence-electron chi connectivity index (χ2n) is 7.50. The Balaban J connectivity index is 0.000000640. The van der Waals surface area contributed by atoms with Crippen LogP contribution < -0.4 is 0 Å². The normalized spacial score (nSPS) is 10.7. The number of hydrogen-bond acceptors (Lipinski definition) is 0. The Bertz CT molecular complexity index is 566. The van der Waals surface area contributed by atoms with Gasteiger partial charge in [0.1, 0.15) is 0 Å². The van der Waals surface area contributed by atoms with Crippen LogP contribution in [0.2, 0.25) is 0 Å². The minimum Gasteiger partial charge on any atom is -0.0683 e. The van der Waals surface area contributed by atoms with Crippen molar-refractivity contribution in [3.05, 3.63) is 47.0 Å². The van der Waals surface area contributed by atoms with E-state index in [-0.39, 0.29) is 5.41 Å². The molecule has 0 heteroatoms. The molecule has 0 amide bonds. The molecule has 2 aromatic carbocycles. The third-order valence-electron chi connectivity index (χ3n) is 3.17. The summed E-state index contributed by atoms with van der Waals surface area (Å²) in [7, 11) is 0. The summed E-state index contributed by atoms with van der Waals surface area (Å²) in [6.07, 6.45) is 0. The zero-order valence-corrected chi connectivity index (χ0v) is 16.5. The van der Waals surface area contributed by atoms with Gasteiger partial charge in [0.2, 0.25) is 0 Å². The molecule has 0 atom stereocenters. The van der Waals surface area contributed by atoms with E-state index in [2.05, 4.69) is 85.7 Å². The van der Waals surface area contributed by atoms with Crippen molar-refractivity contribution in [3.63, 3.8) is 0 Å². The van der Waals surface area contributed by atoms with Crippen LogP contribution in [0.25, 0.3) is 10.8 Å². The van der Waals surface area contributed by atoms with Gasteiger partial charge in [-0.05, 0) is 47.1 Å². The molecular formula is C22H36. The van der Waals surface area contributed by atoms with Crippen molar-refractivity contribution in [2.24, 2.45) is 5.92 Å². The predicted octanol–water partition coefficient (Wildman–Crippen LogP) is 7.44. The van der Waals surface area contributed by atoms with Crippen molar-refractivity contribution in [3.8, 4) is 0 Å². The van der Waals surface area contributed by atoms with Crippen LogP contribution in [0.1, 0.15) is 72.1 Å². The maximum absolute atomic E-state index is 2.33. The van der Waals surface area contributed by atoms with E-state index in [1.54, 1.807) is 0 Å². The molecule has 0 radical (unpaired) electrons. The molecule has 124 valence electrons. The molecule has 0 unspecified atom stereocenters. The Morgan fingerprint density at radius 3 is 1.77 bits per heavy atom. The standard InChI is InChI=1S/C16H20.C4H10.C2H6/c1-11-8-12(2)15-7-6-14(16(3,4)5)10-13(15)9-11;1-4(2)3;1-2/h6-10H,1-5H3;4H,1-3H3;1-2H3. The second-order valence-corrected chi connectivity index (χ2v) is 7.50. The smallest absolute Gasteiger partial charge is 0.0132 e. The quantitative estimate of drug-likeness (QED) is 0.474. The average molecular weight is 301 g/mol. The Morgan fingerprint density at radius 1 is 0.818 bits per heavy atom. The Labute approximate surface area is 139 Å². The summed E-state index contributed by atoms with van der Waals surface area (Å²) >= 11 is 0. The molecule has 0 nitrogen and oxygen atoms in total. The highest BCUT2D eigenvalue weighted by Crippen LogP contribution is 2.28. The van der Waals surface area contributed by atoms with Crippen LogP contribution in [-0.4, -0.2) is 0 Å². The van der Waals surface area contributed by atoms with Gasteiger partial charge in [0.05, 0.1) is 0 Å². The minimum absolute atomic E-state index is 0.228. The van der Waals surface area contributed by atoms with E-state index in [1.165, 1.54) is 27.5 Å². The van der Waals surface area contributed by atoms with E-state index >= 15 is 0 Å². The molecular weight excluding hydrogens is 264 g/mol. The summed E-state index contributed by atoms with van der Waals surface area (Å²) in [4.78, 5) is 0. The fourth-order valence-electron chi connectivity index (χ4n) is 2.21. The van der Waals surface area contributed by atoms with Crippen LogP contribution in [-0.2, 0) is 5.41 Å². The van der Waals surface area contributed by atoms with Crippen LogP contribution in [0.15, 0.2) is 30.3 Å². The average Bonchev–Trinajstić information content (AvgIpc) is 2.38. The first kappa shape index (κ1) is 20.7. The lowest BCUT2D eigenvalue weighted by atomic mass is 9.85. The van der Waals surface area contributed by atoms with E-state index < -0.39 is 0 Å². The van der Waals surface area contributed by atoms with Crippen LogP contribution in [0.3, 0.4) is 0 Å². The second kappa shape index (κ2) is 8.98. The first-order valence-electron chi connectivity index (χ1n) is 8.62. The maximum atomic E-state index is 2.33. The number of aryl methyl sites for hydroxylation is 2. The lowest BCUT2D eigenvalue weighted by Crippen LogP contribution is -2.10. The molecule has 0 saturated heterocycles. The first-order valence-corrected chi connectivity index (χ1v) is 8.62. The SMILES string of the molecule is CC.CC(C)C.Cc1cc(C)c2ccc(C(C)(C)C)cc2c1. The summed E-state index contributed by atoms with van der Waals surface area (Å²) in [6, 6.07) is 11.4. The highest BCUT2D eigenvalue weighted by molar-refractivity contribution is 5.87. The van der Waals surface area contributed by atoms with E-state index in [0.717, 1.165) is 5.92 Å². The molecule has 22 heavy (non-hydrogen) atoms. The third-order valence-corrected chi connectivity index (χ3v) is 3.17. The largest absolute Gasteiger partial charge is 0.0683 e. The van der Waals surface area contributed by atoms with Crippen molar-refractivity contribution in [1.82, 2.24) is 0 Å². The summed E-state index contributed by atoms with van der Waals surface area (Å²) in [5.74, 6) is 0.833. The number of hydrogen-bond donors (Lipinski definition) is 0. The van der Waals surface area contributed by atoms with E-state index in [0.29, 0.717) is 0 Å². The van der Waals surface area contributed by atoms with Gasteiger partial charge in [-0.2, -0.15) is 0 Å². The van der Waals surface area contributed by atoms with Crippen molar-refractivity contribution >= 4 is 10.8 Å². The molecule has 2 rings (SSSR count). The van der Waals surface area contributed by atoms with E-state index in [9.17, 15) is 0 Å². The third kappa shape index (κ3) is 6.64. The minimum atomic E-state index is 0.228. The van der Waals surface area contributed by atoms with Crippen LogP contribution >= 0.6 is 0 Å². The molecule has 0 aromatic heterocycles. The zero-order valence-electron chi connectivity index (χ0n) is 16.5. The molecule has 0 bridgehead atoms. The van der Waals surface area contributed by atoms with Crippen molar-refractivity contribution in [1.29, 1.82) is 0 Å². The summed E-state index contributed by atoms with van der Waals surface area (Å²) in [6.45, 7) is 21.6. The fraction of sp³-hybridized carbons (Fsp3) is 0.545. The molecule has 0 aliphatic carbocycles. The molecule has 2 aromatic rings. The number of benzene rings is 2. The Morgan fingerprint density at radius 2 is 1.32 bits per heavy atom. The lowest BCUT2D eigenvalue weighted by molar-refractivity contribution is 0.591. The Hall–Kier alpha value is -1.30. The van der Waals surface area contributed by atoms with Gasteiger partial charge in [-0.25, -0.2) is 0 Å². The summed E-state index contributed by atoms with van der Waals surface area (Å²) in [5.41, 5.74) is 4.35. The monoisotopic (exact) mass is 300 g/mol. The van der Waals surface area contributed by atoms with Gasteiger partial charge in [-0.1, -0.05) is 91.3 Å². The van der Waals surface area contributed by atoms with Crippen LogP contribution in [0, 0.1) is 19.8 Å². The highest BCUT2D eigenvalue weighted by atomic mass is 14.2. The molecule has 0 N–H and O–H groups in total. The molecule has 0 spiro atoms. The van der Waals surface area contributed by atoms with Gasteiger partial charge in [-0.15, -0.1) is 0 Å². The lowest BCUT2D eigenvalue weighted by Gasteiger charge is -2.20. The van der Waals surface area contributed by atoms with Crippen molar-refractivity contribution < 1.29 is 0 Å². The topological polar surface area (TPSA) is 0 Å².